The fraction of sp³-hybridized carbons (Fsp3) is 0.600. The number of benzene rings is 1. The van der Waals surface area contributed by atoms with Gasteiger partial charge in [-0.15, -0.1) is 0 Å². The van der Waals surface area contributed by atoms with Gasteiger partial charge >= 0.3 is 0 Å². The molecule has 9 heteroatoms. The summed E-state index contributed by atoms with van der Waals surface area (Å²) in [4.78, 5) is 3.88. The lowest BCUT2D eigenvalue weighted by Gasteiger charge is -2.52. The summed E-state index contributed by atoms with van der Waals surface area (Å²) in [5.74, 6) is 0.800. The molecule has 0 atom stereocenters. The van der Waals surface area contributed by atoms with Crippen LogP contribution in [0.15, 0.2) is 24.3 Å². The van der Waals surface area contributed by atoms with E-state index in [9.17, 15) is 5.11 Å². The summed E-state index contributed by atoms with van der Waals surface area (Å²) in [6.07, 6.45) is 0. The molecule has 0 amide bonds. The quantitative estimate of drug-likeness (QED) is 0.506. The zero-order valence-electron chi connectivity index (χ0n) is 14.0. The topological polar surface area (TPSA) is 45.2 Å². The number of ether oxygens (including phenoxy) is 2. The van der Waals surface area contributed by atoms with E-state index in [1.165, 1.54) is 0 Å². The predicted molar refractivity (Wildman–Crippen MR) is 98.3 cm³/mol. The molecule has 8 radical (unpaired) electrons. The molecule has 2 rings (SSSR count). The molecular weight excluding hydrogens is 299 g/mol. The van der Waals surface area contributed by atoms with Gasteiger partial charge in [0, 0.05) is 39.0 Å². The van der Waals surface area contributed by atoms with Gasteiger partial charge in [0.05, 0.1) is 38.0 Å². The Morgan fingerprint density at radius 1 is 1.00 bits per heavy atom. The molecule has 0 bridgehead atoms. The second-order valence-electron chi connectivity index (χ2n) is 5.96. The fourth-order valence-electron chi connectivity index (χ4n) is 2.58. The summed E-state index contributed by atoms with van der Waals surface area (Å²) in [5.41, 5.74) is 1.07. The maximum absolute atomic E-state index is 9.73. The van der Waals surface area contributed by atoms with Crippen molar-refractivity contribution in [2.45, 2.75) is 10.7 Å². The number of piperazine rings is 1. The Labute approximate surface area is 149 Å². The van der Waals surface area contributed by atoms with Crippen LogP contribution >= 0.6 is 0 Å². The van der Waals surface area contributed by atoms with Crippen LogP contribution in [0.1, 0.15) is 0 Å². The molecule has 0 aromatic heterocycles. The number of nitrogens with zero attached hydrogens (tertiary/aromatic N) is 2. The SMILES string of the molecule is [B]C([B])(O)C([B])([B])N1CCN(c2ccc(OCCOC)cc2)CC1. The lowest BCUT2D eigenvalue weighted by molar-refractivity contribution is 0.0862. The van der Waals surface area contributed by atoms with Gasteiger partial charge in [-0.1, -0.05) is 0 Å². The molecule has 1 saturated heterocycles. The molecule has 1 aliphatic rings. The van der Waals surface area contributed by atoms with Gasteiger partial charge in [-0.3, -0.25) is 0 Å². The highest BCUT2D eigenvalue weighted by molar-refractivity contribution is 6.53. The van der Waals surface area contributed by atoms with Crippen molar-refractivity contribution in [3.63, 3.8) is 0 Å². The molecular formula is C15H20B4N2O3. The molecule has 1 N–H and O–H groups in total. The minimum atomic E-state index is -2.17. The Morgan fingerprint density at radius 3 is 2.08 bits per heavy atom. The van der Waals surface area contributed by atoms with E-state index in [2.05, 4.69) is 4.90 Å². The highest BCUT2D eigenvalue weighted by Gasteiger charge is 2.39. The van der Waals surface area contributed by atoms with E-state index in [0.29, 0.717) is 39.4 Å². The number of rotatable bonds is 7. The van der Waals surface area contributed by atoms with Gasteiger partial charge in [-0.05, 0) is 35.0 Å². The number of aliphatic hydroxyl groups is 1. The molecule has 1 fully saturated rings. The molecule has 1 aliphatic heterocycles. The van der Waals surface area contributed by atoms with Crippen molar-refractivity contribution in [1.29, 1.82) is 0 Å². The number of methoxy groups -OCH3 is 1. The number of hydrogen-bond acceptors (Lipinski definition) is 5. The second kappa shape index (κ2) is 7.89. The summed E-state index contributed by atoms with van der Waals surface area (Å²) < 4.78 is 10.5. The molecule has 24 heavy (non-hydrogen) atoms. The first-order valence-electron chi connectivity index (χ1n) is 7.85. The van der Waals surface area contributed by atoms with E-state index in [1.54, 1.807) is 12.0 Å². The van der Waals surface area contributed by atoms with Gasteiger partial charge < -0.3 is 24.4 Å². The average molecular weight is 320 g/mol. The monoisotopic (exact) mass is 320 g/mol. The van der Waals surface area contributed by atoms with E-state index >= 15 is 0 Å². The van der Waals surface area contributed by atoms with E-state index in [1.807, 2.05) is 24.3 Å². The first-order chi connectivity index (χ1) is 11.3. The Hall–Kier alpha value is -1.04. The Kier molecular flexibility index (Phi) is 6.34. The third kappa shape index (κ3) is 4.52. The zero-order chi connectivity index (χ0) is 17.8. The smallest absolute Gasteiger partial charge is 0.119 e. The van der Waals surface area contributed by atoms with Gasteiger partial charge in [0.25, 0.3) is 0 Å². The van der Waals surface area contributed by atoms with Crippen molar-refractivity contribution in [3.05, 3.63) is 24.3 Å². The Balaban J connectivity index is 1.90. The van der Waals surface area contributed by atoms with Crippen LogP contribution in [-0.2, 0) is 4.74 Å². The van der Waals surface area contributed by atoms with Crippen molar-refractivity contribution in [2.75, 3.05) is 51.4 Å². The highest BCUT2D eigenvalue weighted by Crippen LogP contribution is 2.24. The largest absolute Gasteiger partial charge is 0.491 e. The minimum absolute atomic E-state index is 0.519. The number of anilines is 1. The normalized spacial score (nSPS) is 17.0. The minimum Gasteiger partial charge on any atom is -0.491 e. The van der Waals surface area contributed by atoms with Crippen LogP contribution in [0, 0.1) is 0 Å². The molecule has 0 saturated carbocycles. The third-order valence-corrected chi connectivity index (χ3v) is 4.20. The van der Waals surface area contributed by atoms with Crippen molar-refractivity contribution >= 4 is 37.1 Å². The van der Waals surface area contributed by atoms with Crippen molar-refractivity contribution in [1.82, 2.24) is 4.90 Å². The van der Waals surface area contributed by atoms with Crippen molar-refractivity contribution < 1.29 is 14.6 Å². The first kappa shape index (κ1) is 19.3. The molecule has 0 spiro atoms. The van der Waals surface area contributed by atoms with Gasteiger partial charge in [-0.2, -0.15) is 0 Å². The summed E-state index contributed by atoms with van der Waals surface area (Å²) in [6.45, 7) is 3.53. The molecule has 0 unspecified atom stereocenters. The molecule has 0 aliphatic carbocycles. The van der Waals surface area contributed by atoms with Gasteiger partial charge in [0.2, 0.25) is 0 Å². The van der Waals surface area contributed by atoms with Crippen LogP contribution in [0.25, 0.3) is 0 Å². The maximum Gasteiger partial charge on any atom is 0.119 e. The van der Waals surface area contributed by atoms with Crippen molar-refractivity contribution in [3.8, 4) is 5.75 Å². The summed E-state index contributed by atoms with van der Waals surface area (Å²) in [5, 5.41) is 5.87. The standard InChI is InChI=1S/C15H20B4N2O3/c1-23-10-11-24-13-4-2-12(3-5-13)20-6-8-21(9-7-20)14(16,17)15(18,19)22/h2-5,22H,6-11H2,1H3. The third-order valence-electron chi connectivity index (χ3n) is 4.20. The molecule has 5 nitrogen and oxygen atoms in total. The Morgan fingerprint density at radius 2 is 1.58 bits per heavy atom. The fourth-order valence-corrected chi connectivity index (χ4v) is 2.58. The molecule has 120 valence electrons. The highest BCUT2D eigenvalue weighted by atomic mass is 16.5. The van der Waals surface area contributed by atoms with E-state index < -0.39 is 10.7 Å². The van der Waals surface area contributed by atoms with Crippen LogP contribution in [-0.4, -0.2) is 98.6 Å². The summed E-state index contributed by atoms with van der Waals surface area (Å²) in [7, 11) is 24.3. The van der Waals surface area contributed by atoms with Crippen LogP contribution < -0.4 is 9.64 Å². The lowest BCUT2D eigenvalue weighted by atomic mass is 9.39. The van der Waals surface area contributed by atoms with Crippen LogP contribution in [0.3, 0.4) is 0 Å². The number of hydrogen-bond donors (Lipinski definition) is 1. The average Bonchev–Trinajstić information content (AvgIpc) is 2.55. The van der Waals surface area contributed by atoms with Crippen LogP contribution in [0.4, 0.5) is 5.69 Å². The summed E-state index contributed by atoms with van der Waals surface area (Å²) in [6, 6.07) is 7.84. The van der Waals surface area contributed by atoms with Crippen LogP contribution in [0.5, 0.6) is 5.75 Å². The van der Waals surface area contributed by atoms with Crippen molar-refractivity contribution in [2.24, 2.45) is 0 Å². The summed E-state index contributed by atoms with van der Waals surface area (Å²) >= 11 is 0. The zero-order valence-corrected chi connectivity index (χ0v) is 14.0. The molecule has 1 aromatic rings. The predicted octanol–water partition coefficient (Wildman–Crippen LogP) is -1.19. The molecule has 1 heterocycles. The second-order valence-corrected chi connectivity index (χ2v) is 5.96. The van der Waals surface area contributed by atoms with Crippen LogP contribution in [0.2, 0.25) is 0 Å². The van der Waals surface area contributed by atoms with E-state index in [4.69, 9.17) is 40.9 Å². The lowest BCUT2D eigenvalue weighted by Crippen LogP contribution is -2.69. The van der Waals surface area contributed by atoms with Gasteiger partial charge in [-0.25, -0.2) is 0 Å². The maximum atomic E-state index is 9.73. The van der Waals surface area contributed by atoms with E-state index in [-0.39, 0.29) is 0 Å². The van der Waals surface area contributed by atoms with Gasteiger partial charge in [0.1, 0.15) is 12.4 Å². The molecule has 1 aromatic carbocycles. The Bertz CT molecular complexity index is 514. The van der Waals surface area contributed by atoms with E-state index in [0.717, 1.165) is 11.4 Å². The first-order valence-corrected chi connectivity index (χ1v) is 7.85. The van der Waals surface area contributed by atoms with Gasteiger partial charge in [0.15, 0.2) is 0 Å².